The maximum Gasteiger partial charge on any atom is 0.407 e. The second kappa shape index (κ2) is 26.4. The molecule has 1 aliphatic carbocycles. The molecule has 3 atom stereocenters. The highest BCUT2D eigenvalue weighted by Crippen LogP contribution is 2.44. The Labute approximate surface area is 435 Å². The molecule has 0 unspecified atom stereocenters. The summed E-state index contributed by atoms with van der Waals surface area (Å²) in [5.41, 5.74) is 8.51. The first-order chi connectivity index (χ1) is 35.9. The molecule has 0 spiro atoms. The van der Waals surface area contributed by atoms with E-state index in [-0.39, 0.29) is 60.3 Å². The number of likely N-dealkylation sites (N-methyl/N-ethyl adjacent to an activating group) is 3. The molecule has 0 heterocycles. The maximum atomic E-state index is 12.2. The number of hydrogen-bond acceptors (Lipinski definition) is 9. The zero-order valence-electron chi connectivity index (χ0n) is 43.4. The number of benzene rings is 8. The number of aryl methyl sites for hydroxylation is 1. The highest BCUT2D eigenvalue weighted by Gasteiger charge is 2.29. The average Bonchev–Trinajstić information content (AvgIpc) is 3.74. The Kier molecular flexibility index (Phi) is 19.3. The Morgan fingerprint density at radius 1 is 0.500 bits per heavy atom. The van der Waals surface area contributed by atoms with Gasteiger partial charge in [0, 0.05) is 31.3 Å². The predicted octanol–water partition coefficient (Wildman–Crippen LogP) is 10.3. The van der Waals surface area contributed by atoms with E-state index in [2.05, 4.69) is 130 Å². The van der Waals surface area contributed by atoms with Crippen LogP contribution in [-0.2, 0) is 30.3 Å². The zero-order valence-corrected chi connectivity index (χ0v) is 43.4. The summed E-state index contributed by atoms with van der Waals surface area (Å²) in [4.78, 5) is 58.7. The van der Waals surface area contributed by atoms with E-state index in [0.29, 0.717) is 13.0 Å². The van der Waals surface area contributed by atoms with Crippen molar-refractivity contribution in [3.63, 3.8) is 0 Å². The molecule has 5 N–H and O–H groups in total. The van der Waals surface area contributed by atoms with Crippen molar-refractivity contribution >= 4 is 61.7 Å². The molecule has 8 aromatic rings. The van der Waals surface area contributed by atoms with Crippen molar-refractivity contribution in [2.75, 3.05) is 40.8 Å². The lowest BCUT2D eigenvalue weighted by Gasteiger charge is -2.22. The van der Waals surface area contributed by atoms with Crippen molar-refractivity contribution in [3.05, 3.63) is 192 Å². The molecule has 0 fully saturated rings. The van der Waals surface area contributed by atoms with Crippen LogP contribution in [0.3, 0.4) is 0 Å². The van der Waals surface area contributed by atoms with E-state index < -0.39 is 12.1 Å². The molecule has 0 bridgehead atoms. The van der Waals surface area contributed by atoms with E-state index in [9.17, 15) is 24.0 Å². The smallest absolute Gasteiger partial charge is 0.407 e. The van der Waals surface area contributed by atoms with E-state index in [1.165, 1.54) is 85.1 Å². The fraction of sp³-hybridized carbons (Fsp3) is 0.286. The third kappa shape index (κ3) is 13.5. The quantitative estimate of drug-likeness (QED) is 0.0470. The largest absolute Gasteiger partial charge is 0.449 e. The van der Waals surface area contributed by atoms with Crippen LogP contribution in [0, 0.1) is 0 Å². The van der Waals surface area contributed by atoms with Gasteiger partial charge in [-0.05, 0) is 132 Å². The normalized spacial score (nSPS) is 12.9. The summed E-state index contributed by atoms with van der Waals surface area (Å²) < 4.78 is 5.43. The van der Waals surface area contributed by atoms with Gasteiger partial charge < -0.3 is 31.3 Å². The number of alkyl carbamates (subject to hydrolysis) is 1. The zero-order chi connectivity index (χ0) is 52.6. The minimum atomic E-state index is -0.511. The number of fused-ring (bicyclic) bond motifs is 3. The van der Waals surface area contributed by atoms with Crippen LogP contribution < -0.4 is 26.6 Å². The number of ether oxygens (including phenoxy) is 1. The number of carbonyl (C=O) groups excluding carboxylic acids is 5. The van der Waals surface area contributed by atoms with Gasteiger partial charge in [0.15, 0.2) is 0 Å². The van der Waals surface area contributed by atoms with Crippen LogP contribution in [0.15, 0.2) is 164 Å². The van der Waals surface area contributed by atoms with Gasteiger partial charge in [0.25, 0.3) is 0 Å². The highest BCUT2D eigenvalue weighted by atomic mass is 16.5. The number of Topliss-reactive ketones (excluding diaryl/α,β-unsaturated/α-hetero) is 3. The number of rotatable bonds is 20. The summed E-state index contributed by atoms with van der Waals surface area (Å²) in [6.45, 7) is 5.48. The third-order valence-corrected chi connectivity index (χ3v) is 14.2. The number of amides is 2. The number of hydrogen-bond donors (Lipinski definition) is 5. The highest BCUT2D eigenvalue weighted by molar-refractivity contribution is 6.23. The first kappa shape index (κ1) is 54.2. The minimum absolute atomic E-state index is 0.00999. The van der Waals surface area contributed by atoms with E-state index in [0.717, 1.165) is 19.3 Å². The molecule has 382 valence electrons. The van der Waals surface area contributed by atoms with Crippen molar-refractivity contribution < 1.29 is 28.7 Å². The van der Waals surface area contributed by atoms with Gasteiger partial charge in [0.05, 0.1) is 18.1 Å². The SMILES string of the molecule is CN[C@@H](CC(c1ccccc1)c1ccccc1)C(C)=O.CN[C@@H](CNC(=O)CCCc1ccc2ccc3cccc4ccc1c2c34)C(C)=O.CN[C@@H](CNC(=O)OCC1c2ccccc2-c2ccccc21)C(C)=O. The molecular formula is C63H69N5O6. The number of nitrogens with one attached hydrogen (secondary N) is 5. The summed E-state index contributed by atoms with van der Waals surface area (Å²) in [6, 6.07) is 55.9. The minimum Gasteiger partial charge on any atom is -0.449 e. The molecule has 0 aliphatic heterocycles. The fourth-order valence-electron chi connectivity index (χ4n) is 10.0. The van der Waals surface area contributed by atoms with Gasteiger partial charge in [0.2, 0.25) is 5.91 Å². The Morgan fingerprint density at radius 2 is 0.973 bits per heavy atom. The third-order valence-electron chi connectivity index (χ3n) is 14.2. The van der Waals surface area contributed by atoms with Crippen molar-refractivity contribution in [2.24, 2.45) is 0 Å². The Hall–Kier alpha value is -7.57. The van der Waals surface area contributed by atoms with Crippen LogP contribution in [-0.4, -0.2) is 88.3 Å². The second-order valence-corrected chi connectivity index (χ2v) is 18.9. The Balaban J connectivity index is 0.000000165. The number of ketones is 3. The number of carbonyl (C=O) groups is 5. The summed E-state index contributed by atoms with van der Waals surface area (Å²) in [6.07, 6.45) is 2.35. The second-order valence-electron chi connectivity index (χ2n) is 18.9. The van der Waals surface area contributed by atoms with Gasteiger partial charge in [0.1, 0.15) is 24.0 Å². The Bertz CT molecular complexity index is 3060. The molecule has 0 aromatic heterocycles. The first-order valence-corrected chi connectivity index (χ1v) is 25.6. The first-order valence-electron chi connectivity index (χ1n) is 25.6. The monoisotopic (exact) mass is 992 g/mol. The average molecular weight is 992 g/mol. The molecule has 2 amide bonds. The molecule has 0 radical (unpaired) electrons. The van der Waals surface area contributed by atoms with Gasteiger partial charge in [-0.25, -0.2) is 4.79 Å². The maximum absolute atomic E-state index is 12.2. The van der Waals surface area contributed by atoms with Crippen LogP contribution in [0.2, 0.25) is 0 Å². The van der Waals surface area contributed by atoms with Crippen LogP contribution >= 0.6 is 0 Å². The summed E-state index contributed by atoms with van der Waals surface area (Å²) in [5.74, 6) is 0.446. The van der Waals surface area contributed by atoms with E-state index >= 15 is 0 Å². The molecule has 74 heavy (non-hydrogen) atoms. The molecule has 8 aromatic carbocycles. The van der Waals surface area contributed by atoms with E-state index in [1.807, 2.05) is 67.7 Å². The fourth-order valence-corrected chi connectivity index (χ4v) is 10.0. The summed E-state index contributed by atoms with van der Waals surface area (Å²) in [7, 11) is 5.26. The van der Waals surface area contributed by atoms with Crippen molar-refractivity contribution in [2.45, 2.75) is 76.4 Å². The summed E-state index contributed by atoms with van der Waals surface area (Å²) >= 11 is 0. The molecule has 11 nitrogen and oxygen atoms in total. The van der Waals surface area contributed by atoms with E-state index in [4.69, 9.17) is 4.74 Å². The van der Waals surface area contributed by atoms with Gasteiger partial charge in [-0.2, -0.15) is 0 Å². The lowest BCUT2D eigenvalue weighted by atomic mass is 9.85. The lowest BCUT2D eigenvalue weighted by molar-refractivity contribution is -0.122. The standard InChI is InChI=1S/C25H26N2O2.C20H22N2O3.C18H21NO/c1-16(28)22(26-2)15-27-23(29)8-4-5-17-9-10-20-12-11-18-6-3-7-19-13-14-21(17)25(20)24(18)19;1-13(23)19(21-2)11-22-20(24)25-12-18-16-9-5-3-7-14(16)15-8-4-6-10-17(15)18;1-14(20)18(19-2)13-17(15-9-5-3-6-10-15)16-11-7-4-8-12-16/h3,6-7,9-14,22,26H,4-5,8,15H2,1-2H3,(H,27,29);3-10,18-19,21H,11-12H2,1-2H3,(H,22,24);3-12,17-19H,13H2,1-2H3/t22-;19-;18-/m000/s1. The molecule has 1 aliphatic rings. The van der Waals surface area contributed by atoms with Crippen molar-refractivity contribution in [1.82, 2.24) is 26.6 Å². The molecule has 9 rings (SSSR count). The van der Waals surface area contributed by atoms with Gasteiger partial charge >= 0.3 is 6.09 Å². The van der Waals surface area contributed by atoms with Gasteiger partial charge in [-0.3, -0.25) is 19.2 Å². The molecular weight excluding hydrogens is 923 g/mol. The van der Waals surface area contributed by atoms with Crippen LogP contribution in [0.5, 0.6) is 0 Å². The topological polar surface area (TPSA) is 155 Å². The van der Waals surface area contributed by atoms with Crippen LogP contribution in [0.25, 0.3) is 43.4 Å². The molecule has 0 saturated heterocycles. The van der Waals surface area contributed by atoms with Crippen molar-refractivity contribution in [1.29, 1.82) is 0 Å². The van der Waals surface area contributed by atoms with Crippen LogP contribution in [0.4, 0.5) is 4.79 Å². The van der Waals surface area contributed by atoms with Gasteiger partial charge in [-0.15, -0.1) is 0 Å². The van der Waals surface area contributed by atoms with E-state index in [1.54, 1.807) is 21.0 Å². The molecule has 0 saturated carbocycles. The molecule has 11 heteroatoms. The lowest BCUT2D eigenvalue weighted by Crippen LogP contribution is -2.43. The van der Waals surface area contributed by atoms with Crippen LogP contribution in [0.1, 0.15) is 79.7 Å². The summed E-state index contributed by atoms with van der Waals surface area (Å²) in [5, 5.41) is 22.1. The van der Waals surface area contributed by atoms with Gasteiger partial charge in [-0.1, -0.05) is 164 Å². The van der Waals surface area contributed by atoms with Crippen molar-refractivity contribution in [3.8, 4) is 11.1 Å². The Morgan fingerprint density at radius 3 is 1.50 bits per heavy atom. The predicted molar refractivity (Wildman–Crippen MR) is 299 cm³/mol.